The van der Waals surface area contributed by atoms with E-state index < -0.39 is 41.2 Å². The molecule has 0 bridgehead atoms. The van der Waals surface area contributed by atoms with Gasteiger partial charge in [0.05, 0.1) is 20.3 Å². The summed E-state index contributed by atoms with van der Waals surface area (Å²) >= 11 is 0. The Kier molecular flexibility index (Phi) is 6.38. The Hall–Kier alpha value is -2.83. The lowest BCUT2D eigenvalue weighted by Crippen LogP contribution is -2.42. The molecule has 0 saturated heterocycles. The number of allylic oxidation sites excluding steroid dienone is 1. The van der Waals surface area contributed by atoms with Crippen molar-refractivity contribution in [3.8, 4) is 5.75 Å². The molecular formula is C19H22O7. The summed E-state index contributed by atoms with van der Waals surface area (Å²) in [6.07, 6.45) is 0.906. The third-order valence-corrected chi connectivity index (χ3v) is 4.22. The van der Waals surface area contributed by atoms with Gasteiger partial charge in [0.1, 0.15) is 23.3 Å². The van der Waals surface area contributed by atoms with E-state index in [-0.39, 0.29) is 13.2 Å². The number of ether oxygens (including phenoxy) is 3. The SMILES string of the molecule is CCOC(=O)[C@@H]1C(=O)C=C(O)[C@H](C(=O)OCC)[C@@H]1c1ccc(OC)cc1. The van der Waals surface area contributed by atoms with Crippen molar-refractivity contribution < 1.29 is 33.7 Å². The van der Waals surface area contributed by atoms with Gasteiger partial charge in [-0.3, -0.25) is 14.4 Å². The highest BCUT2D eigenvalue weighted by Crippen LogP contribution is 2.41. The fourth-order valence-electron chi connectivity index (χ4n) is 3.08. The van der Waals surface area contributed by atoms with E-state index in [1.165, 1.54) is 7.11 Å². The van der Waals surface area contributed by atoms with E-state index in [9.17, 15) is 19.5 Å². The van der Waals surface area contributed by atoms with E-state index in [1.54, 1.807) is 38.1 Å². The van der Waals surface area contributed by atoms with Gasteiger partial charge in [0.2, 0.25) is 0 Å². The molecule has 1 aliphatic carbocycles. The highest BCUT2D eigenvalue weighted by molar-refractivity contribution is 6.08. The third-order valence-electron chi connectivity index (χ3n) is 4.22. The number of methoxy groups -OCH3 is 1. The molecule has 0 unspecified atom stereocenters. The fourth-order valence-corrected chi connectivity index (χ4v) is 3.08. The van der Waals surface area contributed by atoms with E-state index in [0.717, 1.165) is 6.08 Å². The van der Waals surface area contributed by atoms with Gasteiger partial charge in [0.25, 0.3) is 0 Å². The molecule has 0 aliphatic heterocycles. The summed E-state index contributed by atoms with van der Waals surface area (Å²) in [6.45, 7) is 3.47. The smallest absolute Gasteiger partial charge is 0.317 e. The van der Waals surface area contributed by atoms with E-state index in [4.69, 9.17) is 14.2 Å². The van der Waals surface area contributed by atoms with Gasteiger partial charge in [-0.15, -0.1) is 0 Å². The van der Waals surface area contributed by atoms with Crippen LogP contribution in [0.2, 0.25) is 0 Å². The second-order valence-corrected chi connectivity index (χ2v) is 5.73. The zero-order chi connectivity index (χ0) is 19.3. The molecule has 26 heavy (non-hydrogen) atoms. The summed E-state index contributed by atoms with van der Waals surface area (Å²) in [4.78, 5) is 37.3. The lowest BCUT2D eigenvalue weighted by atomic mass is 9.70. The van der Waals surface area contributed by atoms with Crippen LogP contribution in [0.15, 0.2) is 36.1 Å². The van der Waals surface area contributed by atoms with Crippen LogP contribution in [0.1, 0.15) is 25.3 Å². The summed E-state index contributed by atoms with van der Waals surface area (Å²) in [6, 6.07) is 6.60. The Morgan fingerprint density at radius 3 is 2.04 bits per heavy atom. The predicted octanol–water partition coefficient (Wildman–Crippen LogP) is 2.16. The number of hydrogen-bond donors (Lipinski definition) is 1. The number of hydrogen-bond acceptors (Lipinski definition) is 7. The lowest BCUT2D eigenvalue weighted by Gasteiger charge is -2.33. The highest BCUT2D eigenvalue weighted by atomic mass is 16.5. The number of carbonyl (C=O) groups is 3. The molecule has 1 aliphatic rings. The maximum atomic E-state index is 12.4. The number of rotatable bonds is 6. The molecule has 1 N–H and O–H groups in total. The van der Waals surface area contributed by atoms with Crippen LogP contribution >= 0.6 is 0 Å². The zero-order valence-electron chi connectivity index (χ0n) is 14.9. The van der Waals surface area contributed by atoms with Gasteiger partial charge in [0, 0.05) is 12.0 Å². The minimum Gasteiger partial charge on any atom is -0.511 e. The lowest BCUT2D eigenvalue weighted by molar-refractivity contribution is -0.156. The second-order valence-electron chi connectivity index (χ2n) is 5.73. The molecule has 7 nitrogen and oxygen atoms in total. The number of esters is 2. The first kappa shape index (κ1) is 19.5. The van der Waals surface area contributed by atoms with Crippen LogP contribution in [0.5, 0.6) is 5.75 Å². The van der Waals surface area contributed by atoms with Crippen LogP contribution in [0.4, 0.5) is 0 Å². The Labute approximate surface area is 151 Å². The molecule has 2 rings (SSSR count). The molecule has 0 radical (unpaired) electrons. The van der Waals surface area contributed by atoms with Crippen LogP contribution < -0.4 is 4.74 Å². The molecular weight excluding hydrogens is 340 g/mol. The minimum absolute atomic E-state index is 0.0950. The number of aliphatic hydroxyl groups is 1. The molecule has 140 valence electrons. The van der Waals surface area contributed by atoms with Crippen molar-refractivity contribution in [2.24, 2.45) is 11.8 Å². The molecule has 1 aromatic carbocycles. The van der Waals surface area contributed by atoms with E-state index in [2.05, 4.69) is 0 Å². The average Bonchev–Trinajstić information content (AvgIpc) is 2.61. The van der Waals surface area contributed by atoms with Crippen molar-refractivity contribution in [1.29, 1.82) is 0 Å². The van der Waals surface area contributed by atoms with Crippen LogP contribution in [-0.2, 0) is 23.9 Å². The minimum atomic E-state index is -1.24. The molecule has 0 heterocycles. The van der Waals surface area contributed by atoms with Crippen molar-refractivity contribution in [1.82, 2.24) is 0 Å². The van der Waals surface area contributed by atoms with E-state index in [0.29, 0.717) is 11.3 Å². The molecule has 1 aromatic rings. The maximum Gasteiger partial charge on any atom is 0.317 e. The van der Waals surface area contributed by atoms with Crippen molar-refractivity contribution in [3.63, 3.8) is 0 Å². The summed E-state index contributed by atoms with van der Waals surface area (Å²) < 4.78 is 15.2. The highest BCUT2D eigenvalue weighted by Gasteiger charge is 2.49. The Morgan fingerprint density at radius 1 is 1.00 bits per heavy atom. The molecule has 7 heteroatoms. The van der Waals surface area contributed by atoms with Gasteiger partial charge in [-0.2, -0.15) is 0 Å². The molecule has 0 amide bonds. The van der Waals surface area contributed by atoms with E-state index in [1.807, 2.05) is 0 Å². The Balaban J connectivity index is 2.55. The van der Waals surface area contributed by atoms with Gasteiger partial charge < -0.3 is 19.3 Å². The summed E-state index contributed by atoms with van der Waals surface area (Å²) in [5.41, 5.74) is 0.523. The predicted molar refractivity (Wildman–Crippen MR) is 91.7 cm³/mol. The van der Waals surface area contributed by atoms with Gasteiger partial charge in [-0.05, 0) is 31.5 Å². The topological polar surface area (TPSA) is 99.1 Å². The first-order chi connectivity index (χ1) is 12.4. The quantitative estimate of drug-likeness (QED) is 0.611. The maximum absolute atomic E-state index is 12.4. The van der Waals surface area contributed by atoms with Crippen molar-refractivity contribution in [2.45, 2.75) is 19.8 Å². The Bertz CT molecular complexity index is 705. The first-order valence-electron chi connectivity index (χ1n) is 8.36. The van der Waals surface area contributed by atoms with Gasteiger partial charge >= 0.3 is 11.9 Å². The first-order valence-corrected chi connectivity index (χ1v) is 8.36. The third kappa shape index (κ3) is 3.87. The normalized spacial score (nSPS) is 22.3. The fraction of sp³-hybridized carbons (Fsp3) is 0.421. The van der Waals surface area contributed by atoms with Gasteiger partial charge in [-0.25, -0.2) is 0 Å². The zero-order valence-corrected chi connectivity index (χ0v) is 14.9. The van der Waals surface area contributed by atoms with Crippen molar-refractivity contribution >= 4 is 17.7 Å². The number of ketones is 1. The largest absolute Gasteiger partial charge is 0.511 e. The summed E-state index contributed by atoms with van der Waals surface area (Å²) in [5, 5.41) is 10.3. The monoisotopic (exact) mass is 362 g/mol. The van der Waals surface area contributed by atoms with Crippen molar-refractivity contribution in [2.75, 3.05) is 20.3 Å². The molecule has 3 atom stereocenters. The Morgan fingerprint density at radius 2 is 1.54 bits per heavy atom. The molecule has 0 spiro atoms. The molecule has 0 fully saturated rings. The van der Waals surface area contributed by atoms with Crippen LogP contribution in [0.25, 0.3) is 0 Å². The number of carbonyl (C=O) groups excluding carboxylic acids is 3. The molecule has 0 aromatic heterocycles. The van der Waals surface area contributed by atoms with Crippen LogP contribution in [-0.4, -0.2) is 43.2 Å². The van der Waals surface area contributed by atoms with Crippen molar-refractivity contribution in [3.05, 3.63) is 41.7 Å². The average molecular weight is 362 g/mol. The molecule has 0 saturated carbocycles. The van der Waals surface area contributed by atoms with E-state index >= 15 is 0 Å². The summed E-state index contributed by atoms with van der Waals surface area (Å²) in [5.74, 6) is -5.24. The standard InChI is InChI=1S/C19H22O7/c1-4-25-18(22)16-13(20)10-14(21)17(19(23)26-5-2)15(16)11-6-8-12(24-3)9-7-11/h6-10,15-17,20H,4-5H2,1-3H3/t15-,16-,17+/m0/s1. The van der Waals surface area contributed by atoms with Gasteiger partial charge in [-0.1, -0.05) is 12.1 Å². The second kappa shape index (κ2) is 8.51. The van der Waals surface area contributed by atoms with Crippen LogP contribution in [0.3, 0.4) is 0 Å². The van der Waals surface area contributed by atoms with Crippen LogP contribution in [0, 0.1) is 11.8 Å². The number of benzene rings is 1. The van der Waals surface area contributed by atoms with Gasteiger partial charge in [0.15, 0.2) is 5.78 Å². The summed E-state index contributed by atoms with van der Waals surface area (Å²) in [7, 11) is 1.51. The number of aliphatic hydroxyl groups excluding tert-OH is 1.